The van der Waals surface area contributed by atoms with Crippen LogP contribution in [0.5, 0.6) is 0 Å². The summed E-state index contributed by atoms with van der Waals surface area (Å²) in [5.41, 5.74) is -0.863. The highest BCUT2D eigenvalue weighted by Gasteiger charge is 2.70. The number of nitrogens with one attached hydrogen (secondary N) is 1. The molecule has 0 aromatic heterocycles. The Kier molecular flexibility index (Phi) is 7.93. The third-order valence-electron chi connectivity index (χ3n) is 11.8. The predicted octanol–water partition coefficient (Wildman–Crippen LogP) is 6.27. The summed E-state index contributed by atoms with van der Waals surface area (Å²) in [5, 5.41) is 14.7. The lowest BCUT2D eigenvalue weighted by atomic mass is 9.41. The van der Waals surface area contributed by atoms with E-state index in [0.29, 0.717) is 29.6 Å². The molecule has 0 aromatic rings. The van der Waals surface area contributed by atoms with Crippen LogP contribution < -0.4 is 5.32 Å². The van der Waals surface area contributed by atoms with Crippen molar-refractivity contribution in [2.24, 2.45) is 46.3 Å². The maximum absolute atomic E-state index is 12.6. The van der Waals surface area contributed by atoms with Crippen LogP contribution in [0.3, 0.4) is 0 Å². The molecule has 0 heterocycles. The first-order valence-electron chi connectivity index (χ1n) is 15.0. The Labute approximate surface area is 219 Å². The summed E-state index contributed by atoms with van der Waals surface area (Å²) in [6, 6.07) is 0. The van der Waals surface area contributed by atoms with Gasteiger partial charge in [0.2, 0.25) is 5.91 Å². The molecule has 4 aliphatic rings. The van der Waals surface area contributed by atoms with E-state index < -0.39 is 17.7 Å². The van der Waals surface area contributed by atoms with Gasteiger partial charge in [0.15, 0.2) is 0 Å². The van der Waals surface area contributed by atoms with E-state index in [0.717, 1.165) is 43.4 Å². The first-order valence-corrected chi connectivity index (χ1v) is 15.0. The lowest BCUT2D eigenvalue weighted by molar-refractivity contribution is -0.226. The standard InChI is InChI=1S/C31H53NO4/c1-19(2)10-8-11-20(3)24-13-14-25-23-18-28(36-22(5)34)31(32-21(4)33)27(35)12-9-16-30(31,7)26(23)15-17-29(24,25)6/h19-20,23-28,35H,8-18H2,1-7H3,(H,32,33)/t20-,23+,24+,25-,26-,27+,28-,29-,30-,31+/m1/s1. The van der Waals surface area contributed by atoms with Gasteiger partial charge in [-0.3, -0.25) is 9.59 Å². The number of fused-ring (bicyclic) bond motifs is 5. The number of hydrogen-bond donors (Lipinski definition) is 2. The van der Waals surface area contributed by atoms with Crippen molar-refractivity contribution in [2.45, 2.75) is 137 Å². The summed E-state index contributed by atoms with van der Waals surface area (Å²) < 4.78 is 6.07. The van der Waals surface area contributed by atoms with Gasteiger partial charge in [-0.15, -0.1) is 0 Å². The molecule has 10 atom stereocenters. The van der Waals surface area contributed by atoms with Gasteiger partial charge in [0, 0.05) is 13.8 Å². The Morgan fingerprint density at radius 2 is 1.72 bits per heavy atom. The zero-order valence-electron chi connectivity index (χ0n) is 24.1. The van der Waals surface area contributed by atoms with Crippen molar-refractivity contribution < 1.29 is 19.4 Å². The van der Waals surface area contributed by atoms with Gasteiger partial charge < -0.3 is 15.2 Å². The van der Waals surface area contributed by atoms with E-state index in [-0.39, 0.29) is 17.3 Å². The van der Waals surface area contributed by atoms with Crippen molar-refractivity contribution in [2.75, 3.05) is 0 Å². The number of carbonyl (C=O) groups is 2. The van der Waals surface area contributed by atoms with Crippen LogP contribution in [-0.2, 0) is 14.3 Å². The molecule has 0 aliphatic heterocycles. The number of hydrogen-bond acceptors (Lipinski definition) is 4. The third-order valence-corrected chi connectivity index (χ3v) is 11.8. The van der Waals surface area contributed by atoms with Crippen LogP contribution in [0, 0.1) is 46.3 Å². The summed E-state index contributed by atoms with van der Waals surface area (Å²) in [5.74, 6) is 3.34. The average Bonchev–Trinajstić information content (AvgIpc) is 3.12. The van der Waals surface area contributed by atoms with Crippen LogP contribution in [-0.4, -0.2) is 34.7 Å². The fourth-order valence-electron chi connectivity index (χ4n) is 10.4. The summed E-state index contributed by atoms with van der Waals surface area (Å²) >= 11 is 0. The highest BCUT2D eigenvalue weighted by molar-refractivity contribution is 5.74. The van der Waals surface area contributed by atoms with E-state index in [1.54, 1.807) is 0 Å². The minimum Gasteiger partial charge on any atom is -0.460 e. The number of rotatable bonds is 7. The molecule has 4 aliphatic carbocycles. The lowest BCUT2D eigenvalue weighted by Gasteiger charge is -2.68. The van der Waals surface area contributed by atoms with Crippen LogP contribution >= 0.6 is 0 Å². The minimum atomic E-state index is -0.903. The first kappa shape index (κ1) is 27.9. The van der Waals surface area contributed by atoms with E-state index in [2.05, 4.69) is 39.9 Å². The fraction of sp³-hybridized carbons (Fsp3) is 0.935. The molecule has 5 heteroatoms. The van der Waals surface area contributed by atoms with Crippen molar-refractivity contribution in [3.63, 3.8) is 0 Å². The van der Waals surface area contributed by atoms with Crippen LogP contribution in [0.25, 0.3) is 0 Å². The summed E-state index contributed by atoms with van der Waals surface area (Å²) in [6.45, 7) is 15.0. The van der Waals surface area contributed by atoms with Crippen LogP contribution in [0.4, 0.5) is 0 Å². The smallest absolute Gasteiger partial charge is 0.302 e. The second kappa shape index (κ2) is 10.2. The van der Waals surface area contributed by atoms with Gasteiger partial charge in [-0.25, -0.2) is 0 Å². The molecule has 0 radical (unpaired) electrons. The number of carbonyl (C=O) groups excluding carboxylic acids is 2. The molecule has 0 saturated heterocycles. The normalized spacial score (nSPS) is 44.8. The minimum absolute atomic E-state index is 0.144. The van der Waals surface area contributed by atoms with Gasteiger partial charge in [0.05, 0.1) is 6.10 Å². The monoisotopic (exact) mass is 503 g/mol. The summed E-state index contributed by atoms with van der Waals surface area (Å²) in [4.78, 5) is 24.9. The summed E-state index contributed by atoms with van der Waals surface area (Å²) in [7, 11) is 0. The molecule has 1 amide bonds. The number of esters is 1. The quantitative estimate of drug-likeness (QED) is 0.402. The van der Waals surface area contributed by atoms with Crippen molar-refractivity contribution >= 4 is 11.9 Å². The van der Waals surface area contributed by atoms with Gasteiger partial charge in [0.1, 0.15) is 11.6 Å². The molecule has 4 saturated carbocycles. The largest absolute Gasteiger partial charge is 0.460 e. The Morgan fingerprint density at radius 3 is 2.36 bits per heavy atom. The Bertz CT molecular complexity index is 827. The van der Waals surface area contributed by atoms with Crippen LogP contribution in [0.2, 0.25) is 0 Å². The van der Waals surface area contributed by atoms with Crippen molar-refractivity contribution in [3.05, 3.63) is 0 Å². The van der Waals surface area contributed by atoms with Gasteiger partial charge >= 0.3 is 5.97 Å². The highest BCUT2D eigenvalue weighted by atomic mass is 16.5. The maximum atomic E-state index is 12.6. The molecule has 36 heavy (non-hydrogen) atoms. The summed E-state index contributed by atoms with van der Waals surface area (Å²) in [6.07, 6.45) is 11.0. The number of amides is 1. The highest BCUT2D eigenvalue weighted by Crippen LogP contribution is 2.69. The zero-order valence-corrected chi connectivity index (χ0v) is 24.1. The van der Waals surface area contributed by atoms with Crippen molar-refractivity contribution in [1.29, 1.82) is 0 Å². The molecular weight excluding hydrogens is 450 g/mol. The predicted molar refractivity (Wildman–Crippen MR) is 143 cm³/mol. The van der Waals surface area contributed by atoms with E-state index in [9.17, 15) is 14.7 Å². The van der Waals surface area contributed by atoms with E-state index >= 15 is 0 Å². The van der Waals surface area contributed by atoms with Gasteiger partial charge in [0.25, 0.3) is 0 Å². The molecule has 2 N–H and O–H groups in total. The molecule has 206 valence electrons. The molecule has 0 spiro atoms. The molecule has 0 aromatic carbocycles. The maximum Gasteiger partial charge on any atom is 0.302 e. The van der Waals surface area contributed by atoms with Crippen LogP contribution in [0.15, 0.2) is 0 Å². The zero-order chi connectivity index (χ0) is 26.5. The lowest BCUT2D eigenvalue weighted by Crippen LogP contribution is -2.78. The molecule has 0 bridgehead atoms. The van der Waals surface area contributed by atoms with Crippen molar-refractivity contribution in [1.82, 2.24) is 5.32 Å². The molecule has 0 unspecified atom stereocenters. The van der Waals surface area contributed by atoms with E-state index in [1.165, 1.54) is 52.4 Å². The second-order valence-electron chi connectivity index (χ2n) is 14.1. The van der Waals surface area contributed by atoms with E-state index in [1.807, 2.05) is 0 Å². The topological polar surface area (TPSA) is 75.6 Å². The van der Waals surface area contributed by atoms with Crippen molar-refractivity contribution in [3.8, 4) is 0 Å². The first-order chi connectivity index (χ1) is 16.9. The van der Waals surface area contributed by atoms with Gasteiger partial charge in [-0.05, 0) is 91.3 Å². The van der Waals surface area contributed by atoms with Gasteiger partial charge in [-0.1, -0.05) is 60.3 Å². The second-order valence-corrected chi connectivity index (χ2v) is 14.1. The SMILES string of the molecule is CC(=O)N[C@]12[C@@H](O)CCC[C@]1(C)[C@@H]1CC[C@@]3(C)[C@H](CC[C@H]3[C@H](C)CCCC(C)C)[C@@H]1C[C@H]2OC(C)=O. The number of ether oxygens (including phenoxy) is 1. The van der Waals surface area contributed by atoms with E-state index in [4.69, 9.17) is 4.74 Å². The van der Waals surface area contributed by atoms with Crippen LogP contribution in [0.1, 0.15) is 119 Å². The Balaban J connectivity index is 1.66. The third kappa shape index (κ3) is 4.43. The Hall–Kier alpha value is -1.10. The van der Waals surface area contributed by atoms with Gasteiger partial charge in [-0.2, -0.15) is 0 Å². The molecule has 4 fully saturated rings. The molecular formula is C31H53NO4. The number of aliphatic hydroxyl groups is 1. The average molecular weight is 504 g/mol. The fourth-order valence-corrected chi connectivity index (χ4v) is 10.4. The molecule has 4 rings (SSSR count). The Morgan fingerprint density at radius 1 is 1.00 bits per heavy atom. The number of aliphatic hydroxyl groups excluding tert-OH is 1. The molecule has 5 nitrogen and oxygen atoms in total.